The first-order chi connectivity index (χ1) is 17.1. The van der Waals surface area contributed by atoms with Crippen molar-refractivity contribution in [1.82, 2.24) is 16.0 Å². The van der Waals surface area contributed by atoms with Gasteiger partial charge < -0.3 is 25.8 Å². The van der Waals surface area contributed by atoms with Gasteiger partial charge in [-0.2, -0.15) is 0 Å². The van der Waals surface area contributed by atoms with E-state index in [1.54, 1.807) is 26.0 Å². The zero-order valence-electron chi connectivity index (χ0n) is 21.6. The summed E-state index contributed by atoms with van der Waals surface area (Å²) in [4.78, 5) is 50.3. The van der Waals surface area contributed by atoms with Gasteiger partial charge in [0.05, 0.1) is 6.04 Å². The average molecular weight is 502 g/mol. The van der Waals surface area contributed by atoms with Crippen LogP contribution < -0.4 is 16.0 Å². The number of Topliss-reactive ketones (excluding diaryl/α,β-unsaturated/α-hetero) is 1. The molecule has 0 fully saturated rings. The van der Waals surface area contributed by atoms with Crippen LogP contribution in [0.2, 0.25) is 0 Å². The lowest BCUT2D eigenvalue weighted by atomic mass is 9.95. The van der Waals surface area contributed by atoms with Gasteiger partial charge in [-0.15, -0.1) is 0 Å². The first-order valence-corrected chi connectivity index (χ1v) is 12.6. The minimum atomic E-state index is -0.933. The van der Waals surface area contributed by atoms with Gasteiger partial charge in [-0.05, 0) is 70.1 Å². The number of ketones is 1. The van der Waals surface area contributed by atoms with Crippen molar-refractivity contribution in [2.45, 2.75) is 90.4 Å². The molecular formula is C27H39N3O6. The highest BCUT2D eigenvalue weighted by Crippen LogP contribution is 2.16. The third-order valence-corrected chi connectivity index (χ3v) is 6.08. The molecule has 2 rings (SSSR count). The Bertz CT molecular complexity index is 928. The number of rotatable bonds is 10. The molecular weight excluding hydrogens is 462 g/mol. The van der Waals surface area contributed by atoms with Crippen LogP contribution in [0.4, 0.5) is 4.79 Å². The second kappa shape index (κ2) is 14.3. The second-order valence-corrected chi connectivity index (χ2v) is 9.59. The Morgan fingerprint density at radius 2 is 1.50 bits per heavy atom. The van der Waals surface area contributed by atoms with Crippen molar-refractivity contribution in [3.05, 3.63) is 42.0 Å². The molecule has 198 valence electrons. The van der Waals surface area contributed by atoms with Crippen LogP contribution in [0.1, 0.15) is 65.4 Å². The molecule has 4 N–H and O–H groups in total. The van der Waals surface area contributed by atoms with E-state index in [0.717, 1.165) is 37.7 Å². The van der Waals surface area contributed by atoms with E-state index in [2.05, 4.69) is 28.1 Å². The van der Waals surface area contributed by atoms with Gasteiger partial charge in [0.15, 0.2) is 5.78 Å². The number of hydrogen-bond donors (Lipinski definition) is 4. The first-order valence-electron chi connectivity index (χ1n) is 12.6. The lowest BCUT2D eigenvalue weighted by Gasteiger charge is -2.24. The van der Waals surface area contributed by atoms with Crippen LogP contribution in [0.25, 0.3) is 0 Å². The van der Waals surface area contributed by atoms with Gasteiger partial charge in [0, 0.05) is 5.92 Å². The average Bonchev–Trinajstić information content (AvgIpc) is 2.80. The number of nitrogens with one attached hydrogen (secondary N) is 3. The molecule has 0 spiro atoms. The van der Waals surface area contributed by atoms with Crippen molar-refractivity contribution >= 4 is 23.7 Å². The number of hydrogen-bond acceptors (Lipinski definition) is 6. The molecule has 0 radical (unpaired) electrons. The number of aromatic hydroxyl groups is 1. The highest BCUT2D eigenvalue weighted by molar-refractivity contribution is 5.94. The van der Waals surface area contributed by atoms with E-state index < -0.39 is 36.0 Å². The van der Waals surface area contributed by atoms with Crippen LogP contribution in [0.15, 0.2) is 36.4 Å². The summed E-state index contributed by atoms with van der Waals surface area (Å²) in [6.45, 7) is 6.53. The van der Waals surface area contributed by atoms with Crippen LogP contribution in [0.5, 0.6) is 5.75 Å². The lowest BCUT2D eigenvalue weighted by molar-refractivity contribution is -0.132. The van der Waals surface area contributed by atoms with Crippen molar-refractivity contribution in [1.29, 1.82) is 0 Å². The number of alkyl carbamates (subject to hydrolysis) is 1. The number of phenols is 1. The Labute approximate surface area is 213 Å². The van der Waals surface area contributed by atoms with E-state index in [0.29, 0.717) is 0 Å². The predicted octanol–water partition coefficient (Wildman–Crippen LogP) is 3.15. The molecule has 1 unspecified atom stereocenters. The zero-order chi connectivity index (χ0) is 26.7. The topological polar surface area (TPSA) is 134 Å². The van der Waals surface area contributed by atoms with Crippen LogP contribution in [-0.2, 0) is 25.5 Å². The summed E-state index contributed by atoms with van der Waals surface area (Å²) in [6, 6.07) is 3.78. The van der Waals surface area contributed by atoms with E-state index in [4.69, 9.17) is 4.74 Å². The summed E-state index contributed by atoms with van der Waals surface area (Å²) >= 11 is 0. The Morgan fingerprint density at radius 1 is 0.889 bits per heavy atom. The molecule has 0 saturated heterocycles. The number of ether oxygens (including phenoxy) is 1. The van der Waals surface area contributed by atoms with Gasteiger partial charge in [-0.25, -0.2) is 4.79 Å². The monoisotopic (exact) mass is 501 g/mol. The summed E-state index contributed by atoms with van der Waals surface area (Å²) in [5, 5.41) is 17.3. The van der Waals surface area contributed by atoms with Gasteiger partial charge in [-0.3, -0.25) is 14.4 Å². The minimum absolute atomic E-state index is 0.110. The summed E-state index contributed by atoms with van der Waals surface area (Å²) < 4.78 is 5.47. The number of benzene rings is 1. The normalized spacial score (nSPS) is 19.1. The molecule has 9 heteroatoms. The fourth-order valence-corrected chi connectivity index (χ4v) is 3.86. The fourth-order valence-electron chi connectivity index (χ4n) is 3.86. The molecule has 9 nitrogen and oxygen atoms in total. The molecule has 0 bridgehead atoms. The molecule has 0 aliphatic heterocycles. The highest BCUT2D eigenvalue weighted by Gasteiger charge is 2.27. The van der Waals surface area contributed by atoms with Gasteiger partial charge in [0.2, 0.25) is 11.8 Å². The van der Waals surface area contributed by atoms with Crippen molar-refractivity contribution in [2.24, 2.45) is 5.92 Å². The number of allylic oxidation sites excluding steroid dienone is 2. The minimum Gasteiger partial charge on any atom is -0.508 e. The molecule has 0 aromatic heterocycles. The van der Waals surface area contributed by atoms with Gasteiger partial charge >= 0.3 is 6.09 Å². The van der Waals surface area contributed by atoms with E-state index in [1.807, 2.05) is 0 Å². The maximum absolute atomic E-state index is 12.8. The zero-order valence-corrected chi connectivity index (χ0v) is 21.6. The van der Waals surface area contributed by atoms with Crippen molar-refractivity contribution in [3.8, 4) is 5.75 Å². The third kappa shape index (κ3) is 9.71. The lowest BCUT2D eigenvalue weighted by Crippen LogP contribution is -2.54. The molecule has 1 aromatic rings. The van der Waals surface area contributed by atoms with E-state index in [1.165, 1.54) is 26.0 Å². The Morgan fingerprint density at radius 3 is 2.17 bits per heavy atom. The number of amides is 3. The Kier molecular flexibility index (Phi) is 11.4. The summed E-state index contributed by atoms with van der Waals surface area (Å²) in [5.74, 6) is -1.39. The maximum atomic E-state index is 12.8. The Balaban J connectivity index is 1.88. The van der Waals surface area contributed by atoms with Crippen LogP contribution in [-0.4, -0.2) is 53.0 Å². The second-order valence-electron chi connectivity index (χ2n) is 9.59. The smallest absolute Gasteiger partial charge is 0.408 e. The Hall–Kier alpha value is -3.36. The van der Waals surface area contributed by atoms with Crippen molar-refractivity contribution in [2.75, 3.05) is 0 Å². The maximum Gasteiger partial charge on any atom is 0.408 e. The number of phenolic OH excluding ortho intramolecular Hbond substituents is 1. The molecule has 36 heavy (non-hydrogen) atoms. The van der Waals surface area contributed by atoms with Gasteiger partial charge in [0.25, 0.3) is 0 Å². The quantitative estimate of drug-likeness (QED) is 0.364. The van der Waals surface area contributed by atoms with Crippen molar-refractivity contribution < 1.29 is 29.0 Å². The number of carbonyl (C=O) groups is 4. The van der Waals surface area contributed by atoms with Crippen LogP contribution in [0, 0.1) is 5.92 Å². The fraction of sp³-hybridized carbons (Fsp3) is 0.556. The van der Waals surface area contributed by atoms with Crippen LogP contribution in [0.3, 0.4) is 0 Å². The molecule has 1 aliphatic carbocycles. The SMILES string of the molecule is CC(C)C(=O)[C@H](Cc1ccc(O)cc1)NC(=O)[C@H](C)NC(=O)[C@H](C)NC(=O)OC1CC/C=C/CCC1. The third-order valence-electron chi connectivity index (χ3n) is 6.08. The molecule has 1 aliphatic rings. The summed E-state index contributed by atoms with van der Waals surface area (Å²) in [7, 11) is 0. The molecule has 4 atom stereocenters. The van der Waals surface area contributed by atoms with E-state index >= 15 is 0 Å². The standard InChI is InChI=1S/C27H39N3O6/c1-17(2)24(32)23(16-20-12-14-21(31)15-13-20)30-26(34)18(3)28-25(33)19(4)29-27(35)36-22-10-8-6-5-7-9-11-22/h5-6,12-15,17-19,22-23,31H,7-11,16H2,1-4H3,(H,28,33)(H,29,35)(H,30,34)/b6-5+/t18-,19-,22?,23-/m0/s1. The highest BCUT2D eigenvalue weighted by atomic mass is 16.6. The molecule has 1 aromatic carbocycles. The largest absolute Gasteiger partial charge is 0.508 e. The summed E-state index contributed by atoms with van der Waals surface area (Å²) in [5.41, 5.74) is 0.778. The van der Waals surface area contributed by atoms with E-state index in [9.17, 15) is 24.3 Å². The predicted molar refractivity (Wildman–Crippen MR) is 136 cm³/mol. The van der Waals surface area contributed by atoms with Crippen LogP contribution >= 0.6 is 0 Å². The van der Waals surface area contributed by atoms with Gasteiger partial charge in [0.1, 0.15) is 23.9 Å². The summed E-state index contributed by atoms with van der Waals surface area (Å²) in [6.07, 6.45) is 7.85. The molecule has 0 heterocycles. The van der Waals surface area contributed by atoms with Crippen molar-refractivity contribution in [3.63, 3.8) is 0 Å². The van der Waals surface area contributed by atoms with E-state index in [-0.39, 0.29) is 30.0 Å². The van der Waals surface area contributed by atoms with Gasteiger partial charge in [-0.1, -0.05) is 38.1 Å². The molecule has 0 saturated carbocycles. The molecule has 3 amide bonds. The first kappa shape index (κ1) is 28.9. The number of carbonyl (C=O) groups excluding carboxylic acids is 4.